The molecule has 1 aliphatic carbocycles. The van der Waals surface area contributed by atoms with Gasteiger partial charge in [0.1, 0.15) is 5.41 Å². The number of anilines is 1. The maximum Gasteiger partial charge on any atom is 0.244 e. The number of halogens is 2. The Hall–Kier alpha value is -1.24. The van der Waals surface area contributed by atoms with Gasteiger partial charge in [-0.3, -0.25) is 4.79 Å². The second kappa shape index (κ2) is 5.17. The lowest BCUT2D eigenvalue weighted by Crippen LogP contribution is -2.32. The Morgan fingerprint density at radius 3 is 2.61 bits per heavy atom. The Kier molecular flexibility index (Phi) is 3.79. The van der Waals surface area contributed by atoms with E-state index in [4.69, 9.17) is 23.2 Å². The summed E-state index contributed by atoms with van der Waals surface area (Å²) in [4.78, 5) is 12.2. The van der Waals surface area contributed by atoms with E-state index in [1.54, 1.807) is 18.2 Å². The van der Waals surface area contributed by atoms with Crippen molar-refractivity contribution in [3.8, 4) is 6.07 Å². The molecule has 0 bridgehead atoms. The summed E-state index contributed by atoms with van der Waals surface area (Å²) in [5.74, 6) is -0.285. The van der Waals surface area contributed by atoms with Crippen LogP contribution >= 0.6 is 23.2 Å². The molecule has 0 radical (unpaired) electrons. The molecule has 1 aliphatic rings. The van der Waals surface area contributed by atoms with Crippen molar-refractivity contribution in [3.05, 3.63) is 28.2 Å². The number of carbonyl (C=O) groups excluding carboxylic acids is 1. The monoisotopic (exact) mass is 282 g/mol. The highest BCUT2D eigenvalue weighted by molar-refractivity contribution is 6.44. The molecule has 0 aliphatic heterocycles. The van der Waals surface area contributed by atoms with Gasteiger partial charge in [-0.2, -0.15) is 5.26 Å². The van der Waals surface area contributed by atoms with Crippen molar-refractivity contribution in [1.82, 2.24) is 0 Å². The normalized spacial score (nSPS) is 17.2. The Balaban J connectivity index is 2.22. The van der Waals surface area contributed by atoms with Crippen LogP contribution in [0.25, 0.3) is 0 Å². The summed E-state index contributed by atoms with van der Waals surface area (Å²) >= 11 is 11.9. The zero-order chi connectivity index (χ0) is 13.2. The molecule has 1 N–H and O–H groups in total. The molecule has 0 atom stereocenters. The molecule has 0 unspecified atom stereocenters. The molecule has 1 aromatic rings. The van der Waals surface area contributed by atoms with E-state index >= 15 is 0 Å². The number of nitrogens with one attached hydrogen (secondary N) is 1. The molecule has 5 heteroatoms. The highest BCUT2D eigenvalue weighted by Crippen LogP contribution is 2.39. The van der Waals surface area contributed by atoms with Crippen molar-refractivity contribution in [2.75, 3.05) is 5.32 Å². The molecule has 94 valence electrons. The van der Waals surface area contributed by atoms with Crippen LogP contribution in [0.4, 0.5) is 5.69 Å². The van der Waals surface area contributed by atoms with Crippen LogP contribution in [-0.2, 0) is 4.79 Å². The topological polar surface area (TPSA) is 52.9 Å². The van der Waals surface area contributed by atoms with Crippen LogP contribution in [0.5, 0.6) is 0 Å². The van der Waals surface area contributed by atoms with Crippen LogP contribution in [0.15, 0.2) is 18.2 Å². The van der Waals surface area contributed by atoms with E-state index in [0.717, 1.165) is 12.8 Å². The highest BCUT2D eigenvalue weighted by Gasteiger charge is 2.41. The van der Waals surface area contributed by atoms with Gasteiger partial charge in [0, 0.05) is 0 Å². The number of amides is 1. The summed E-state index contributed by atoms with van der Waals surface area (Å²) in [5.41, 5.74) is -0.457. The largest absolute Gasteiger partial charge is 0.323 e. The summed E-state index contributed by atoms with van der Waals surface area (Å²) in [5, 5.41) is 12.6. The third kappa shape index (κ3) is 2.31. The molecular weight excluding hydrogens is 271 g/mol. The number of carbonyl (C=O) groups is 1. The quantitative estimate of drug-likeness (QED) is 0.891. The first-order chi connectivity index (χ1) is 8.59. The van der Waals surface area contributed by atoms with Gasteiger partial charge in [-0.15, -0.1) is 0 Å². The Bertz CT molecular complexity index is 516. The Morgan fingerprint density at radius 1 is 1.33 bits per heavy atom. The van der Waals surface area contributed by atoms with Crippen molar-refractivity contribution >= 4 is 34.8 Å². The van der Waals surface area contributed by atoms with E-state index in [-0.39, 0.29) is 5.91 Å². The van der Waals surface area contributed by atoms with Crippen LogP contribution in [0, 0.1) is 16.7 Å². The van der Waals surface area contributed by atoms with Gasteiger partial charge < -0.3 is 5.32 Å². The minimum Gasteiger partial charge on any atom is -0.323 e. The fourth-order valence-corrected chi connectivity index (χ4v) is 2.56. The molecule has 2 rings (SSSR count). The molecule has 0 aromatic heterocycles. The fraction of sp³-hybridized carbons (Fsp3) is 0.385. The van der Waals surface area contributed by atoms with Gasteiger partial charge >= 0.3 is 0 Å². The van der Waals surface area contributed by atoms with Gasteiger partial charge in [0.05, 0.1) is 21.8 Å². The van der Waals surface area contributed by atoms with E-state index in [0.29, 0.717) is 28.6 Å². The predicted octanol–water partition coefficient (Wildman–Crippen LogP) is 4.02. The standard InChI is InChI=1S/C13H12Cl2N2O/c14-9-4-3-5-10(11(9)15)17-12(18)13(8-16)6-1-2-7-13/h3-5H,1-2,6-7H2,(H,17,18). The van der Waals surface area contributed by atoms with E-state index in [2.05, 4.69) is 11.4 Å². The SMILES string of the molecule is N#CC1(C(=O)Nc2cccc(Cl)c2Cl)CCCC1. The molecule has 1 fully saturated rings. The molecule has 3 nitrogen and oxygen atoms in total. The second-order valence-corrected chi connectivity index (χ2v) is 5.24. The molecule has 1 amide bonds. The fourth-order valence-electron chi connectivity index (χ4n) is 2.21. The molecule has 0 heterocycles. The maximum atomic E-state index is 12.2. The average Bonchev–Trinajstić information content (AvgIpc) is 2.85. The van der Waals surface area contributed by atoms with Gasteiger partial charge in [-0.1, -0.05) is 42.1 Å². The second-order valence-electron chi connectivity index (χ2n) is 4.46. The number of rotatable bonds is 2. The average molecular weight is 283 g/mol. The molecule has 18 heavy (non-hydrogen) atoms. The number of hydrogen-bond acceptors (Lipinski definition) is 2. The third-order valence-electron chi connectivity index (χ3n) is 3.31. The first-order valence-corrected chi connectivity index (χ1v) is 6.51. The van der Waals surface area contributed by atoms with E-state index in [1.807, 2.05) is 0 Å². The van der Waals surface area contributed by atoms with Crippen molar-refractivity contribution in [1.29, 1.82) is 5.26 Å². The first kappa shape index (κ1) is 13.2. The lowest BCUT2D eigenvalue weighted by Gasteiger charge is -2.19. The van der Waals surface area contributed by atoms with E-state index in [1.165, 1.54) is 0 Å². The zero-order valence-electron chi connectivity index (χ0n) is 9.67. The van der Waals surface area contributed by atoms with Gasteiger partial charge in [0.15, 0.2) is 0 Å². The van der Waals surface area contributed by atoms with Crippen LogP contribution in [0.1, 0.15) is 25.7 Å². The molecule has 1 saturated carbocycles. The molecule has 1 aromatic carbocycles. The molecule has 0 spiro atoms. The van der Waals surface area contributed by atoms with Gasteiger partial charge in [0.25, 0.3) is 0 Å². The molecular formula is C13H12Cl2N2O. The van der Waals surface area contributed by atoms with Crippen molar-refractivity contribution in [2.45, 2.75) is 25.7 Å². The number of hydrogen-bond donors (Lipinski definition) is 1. The van der Waals surface area contributed by atoms with E-state index in [9.17, 15) is 10.1 Å². The van der Waals surface area contributed by atoms with Crippen molar-refractivity contribution < 1.29 is 4.79 Å². The summed E-state index contributed by atoms with van der Waals surface area (Å²) in [6, 6.07) is 7.17. The van der Waals surface area contributed by atoms with Crippen molar-refractivity contribution in [3.63, 3.8) is 0 Å². The van der Waals surface area contributed by atoms with Gasteiger partial charge in [-0.25, -0.2) is 0 Å². The van der Waals surface area contributed by atoms with Crippen LogP contribution in [0.2, 0.25) is 10.0 Å². The Morgan fingerprint density at radius 2 is 2.00 bits per heavy atom. The highest BCUT2D eigenvalue weighted by atomic mass is 35.5. The Labute approximate surface area is 116 Å². The summed E-state index contributed by atoms with van der Waals surface area (Å²) in [7, 11) is 0. The van der Waals surface area contributed by atoms with Crippen LogP contribution in [0.3, 0.4) is 0 Å². The lowest BCUT2D eigenvalue weighted by atomic mass is 9.87. The number of nitrogens with zero attached hydrogens (tertiary/aromatic N) is 1. The summed E-state index contributed by atoms with van der Waals surface area (Å²) in [6.07, 6.45) is 3.02. The summed E-state index contributed by atoms with van der Waals surface area (Å²) in [6.45, 7) is 0. The van der Waals surface area contributed by atoms with Crippen molar-refractivity contribution in [2.24, 2.45) is 5.41 Å². The van der Waals surface area contributed by atoms with Crippen LogP contribution in [-0.4, -0.2) is 5.91 Å². The van der Waals surface area contributed by atoms with Gasteiger partial charge in [0.2, 0.25) is 5.91 Å². The smallest absolute Gasteiger partial charge is 0.244 e. The first-order valence-electron chi connectivity index (χ1n) is 5.76. The maximum absolute atomic E-state index is 12.2. The lowest BCUT2D eigenvalue weighted by molar-refractivity contribution is -0.122. The minimum atomic E-state index is -0.911. The minimum absolute atomic E-state index is 0.285. The number of nitriles is 1. The van der Waals surface area contributed by atoms with E-state index < -0.39 is 5.41 Å². The summed E-state index contributed by atoms with van der Waals surface area (Å²) < 4.78 is 0. The van der Waals surface area contributed by atoms with Crippen LogP contribution < -0.4 is 5.32 Å². The predicted molar refractivity (Wildman–Crippen MR) is 71.6 cm³/mol. The third-order valence-corrected chi connectivity index (χ3v) is 4.12. The van der Waals surface area contributed by atoms with Gasteiger partial charge in [-0.05, 0) is 25.0 Å². The number of benzene rings is 1. The molecule has 0 saturated heterocycles. The zero-order valence-corrected chi connectivity index (χ0v) is 11.2.